The van der Waals surface area contributed by atoms with Gasteiger partial charge in [0.05, 0.1) is 6.26 Å². The molecule has 16 heavy (non-hydrogen) atoms. The van der Waals surface area contributed by atoms with Crippen LogP contribution in [0.25, 0.3) is 5.57 Å². The van der Waals surface area contributed by atoms with Crippen molar-refractivity contribution < 1.29 is 9.52 Å². The molecule has 2 nitrogen and oxygen atoms in total. The Hall–Kier alpha value is -2.02. The first-order chi connectivity index (χ1) is 7.83. The first-order valence-electron chi connectivity index (χ1n) is 4.99. The molecular formula is C14H12O2. The molecule has 2 aromatic rings. The second kappa shape index (κ2) is 4.67. The highest BCUT2D eigenvalue weighted by molar-refractivity contribution is 5.68. The molecule has 0 bridgehead atoms. The van der Waals surface area contributed by atoms with Crippen molar-refractivity contribution >= 4 is 5.57 Å². The van der Waals surface area contributed by atoms with Crippen LogP contribution in [0.5, 0.6) is 0 Å². The molecule has 1 atom stereocenters. The molecule has 0 amide bonds. The lowest BCUT2D eigenvalue weighted by Crippen LogP contribution is -1.98. The van der Waals surface area contributed by atoms with E-state index in [9.17, 15) is 5.11 Å². The Kier molecular flexibility index (Phi) is 3.06. The minimum atomic E-state index is -0.824. The first kappa shape index (κ1) is 10.5. The lowest BCUT2D eigenvalue weighted by molar-refractivity contribution is 0.206. The number of hydrogen-bond acceptors (Lipinski definition) is 2. The van der Waals surface area contributed by atoms with Gasteiger partial charge in [-0.05, 0) is 17.7 Å². The Morgan fingerprint density at radius 2 is 1.94 bits per heavy atom. The number of rotatable bonds is 3. The molecule has 0 fully saturated rings. The van der Waals surface area contributed by atoms with Gasteiger partial charge in [0.2, 0.25) is 0 Å². The Morgan fingerprint density at radius 1 is 1.19 bits per heavy atom. The van der Waals surface area contributed by atoms with Crippen molar-refractivity contribution in [3.05, 3.63) is 72.4 Å². The molecule has 1 unspecified atom stereocenters. The third kappa shape index (κ3) is 1.98. The Morgan fingerprint density at radius 3 is 2.50 bits per heavy atom. The van der Waals surface area contributed by atoms with Gasteiger partial charge in [0.15, 0.2) is 0 Å². The lowest BCUT2D eigenvalue weighted by Gasteiger charge is -2.10. The van der Waals surface area contributed by atoms with E-state index in [0.29, 0.717) is 11.3 Å². The van der Waals surface area contributed by atoms with E-state index < -0.39 is 6.10 Å². The summed E-state index contributed by atoms with van der Waals surface area (Å²) in [6.07, 6.45) is 0.708. The minimum Gasteiger partial charge on any atom is -0.466 e. The molecule has 1 aromatic heterocycles. The fourth-order valence-corrected chi connectivity index (χ4v) is 1.56. The second-order valence-corrected chi connectivity index (χ2v) is 3.37. The number of aliphatic hydroxyl groups excluding tert-OH is 1. The van der Waals surface area contributed by atoms with Gasteiger partial charge < -0.3 is 9.52 Å². The van der Waals surface area contributed by atoms with Crippen LogP contribution < -0.4 is 0 Å². The van der Waals surface area contributed by atoms with E-state index in [1.54, 1.807) is 12.1 Å². The summed E-state index contributed by atoms with van der Waals surface area (Å²) in [5, 5.41) is 10.1. The van der Waals surface area contributed by atoms with Gasteiger partial charge in [-0.3, -0.25) is 0 Å². The van der Waals surface area contributed by atoms with Crippen LogP contribution in [0.2, 0.25) is 0 Å². The van der Waals surface area contributed by atoms with Gasteiger partial charge in [0, 0.05) is 5.57 Å². The summed E-state index contributed by atoms with van der Waals surface area (Å²) in [6.45, 7) is 3.60. The Labute approximate surface area is 94.2 Å². The second-order valence-electron chi connectivity index (χ2n) is 3.37. The fraction of sp³-hybridized carbons (Fsp3) is 0.0714. The standard InChI is InChI=1S/C14H12O2/c1-2-12(11-7-4-3-5-8-11)14(15)13-9-6-10-16-13/h3-10,14-15H,1H2. The third-order valence-electron chi connectivity index (χ3n) is 2.36. The maximum atomic E-state index is 10.1. The molecule has 80 valence electrons. The molecule has 0 aliphatic heterocycles. The van der Waals surface area contributed by atoms with Crippen molar-refractivity contribution in [2.75, 3.05) is 0 Å². The van der Waals surface area contributed by atoms with E-state index in [1.165, 1.54) is 6.26 Å². The molecule has 0 radical (unpaired) electrons. The van der Waals surface area contributed by atoms with Crippen molar-refractivity contribution in [1.82, 2.24) is 0 Å². The fourth-order valence-electron chi connectivity index (χ4n) is 1.56. The molecule has 1 N–H and O–H groups in total. The molecular weight excluding hydrogens is 200 g/mol. The van der Waals surface area contributed by atoms with Gasteiger partial charge in [0.1, 0.15) is 11.9 Å². The zero-order valence-electron chi connectivity index (χ0n) is 8.76. The highest BCUT2D eigenvalue weighted by Crippen LogP contribution is 2.28. The summed E-state index contributed by atoms with van der Waals surface area (Å²) < 4.78 is 5.16. The van der Waals surface area contributed by atoms with Gasteiger partial charge in [0.25, 0.3) is 0 Å². The van der Waals surface area contributed by atoms with Crippen molar-refractivity contribution in [2.24, 2.45) is 0 Å². The largest absolute Gasteiger partial charge is 0.466 e. The van der Waals surface area contributed by atoms with Crippen LogP contribution >= 0.6 is 0 Å². The molecule has 0 spiro atoms. The predicted molar refractivity (Wildman–Crippen MR) is 62.7 cm³/mol. The Bertz CT molecular complexity index is 491. The molecule has 1 aromatic carbocycles. The summed E-state index contributed by atoms with van der Waals surface area (Å²) in [5.41, 5.74) is 4.27. The zero-order valence-corrected chi connectivity index (χ0v) is 8.76. The third-order valence-corrected chi connectivity index (χ3v) is 2.36. The van der Waals surface area contributed by atoms with E-state index in [2.05, 4.69) is 12.3 Å². The molecule has 0 saturated heterocycles. The van der Waals surface area contributed by atoms with Gasteiger partial charge in [-0.1, -0.05) is 36.9 Å². The normalized spacial score (nSPS) is 11.8. The monoisotopic (exact) mass is 212 g/mol. The van der Waals surface area contributed by atoms with Crippen LogP contribution in [0.1, 0.15) is 17.4 Å². The predicted octanol–water partition coefficient (Wildman–Crippen LogP) is 3.18. The number of furan rings is 1. The summed E-state index contributed by atoms with van der Waals surface area (Å²) in [7, 11) is 0. The minimum absolute atomic E-state index is 0.495. The van der Waals surface area contributed by atoms with Crippen LogP contribution in [0, 0.1) is 0 Å². The van der Waals surface area contributed by atoms with E-state index in [4.69, 9.17) is 4.42 Å². The van der Waals surface area contributed by atoms with Crippen LogP contribution in [-0.2, 0) is 0 Å². The first-order valence-corrected chi connectivity index (χ1v) is 4.99. The highest BCUT2D eigenvalue weighted by Gasteiger charge is 2.16. The topological polar surface area (TPSA) is 33.4 Å². The van der Waals surface area contributed by atoms with Gasteiger partial charge in [-0.25, -0.2) is 0 Å². The number of benzene rings is 1. The SMILES string of the molecule is C=C=C(c1ccccc1)C(O)c1ccco1. The molecule has 0 saturated carbocycles. The highest BCUT2D eigenvalue weighted by atomic mass is 16.4. The smallest absolute Gasteiger partial charge is 0.144 e. The van der Waals surface area contributed by atoms with E-state index in [1.807, 2.05) is 30.3 Å². The van der Waals surface area contributed by atoms with Gasteiger partial charge >= 0.3 is 0 Å². The number of aliphatic hydroxyl groups is 1. The maximum absolute atomic E-state index is 10.1. The molecule has 2 heteroatoms. The van der Waals surface area contributed by atoms with Crippen LogP contribution in [0.3, 0.4) is 0 Å². The summed E-state index contributed by atoms with van der Waals surface area (Å²) in [4.78, 5) is 0. The average Bonchev–Trinajstić information content (AvgIpc) is 2.85. The van der Waals surface area contributed by atoms with Gasteiger partial charge in [-0.15, -0.1) is 5.73 Å². The zero-order chi connectivity index (χ0) is 11.4. The van der Waals surface area contributed by atoms with Crippen LogP contribution in [-0.4, -0.2) is 5.11 Å². The lowest BCUT2D eigenvalue weighted by atomic mass is 10.00. The summed E-state index contributed by atoms with van der Waals surface area (Å²) >= 11 is 0. The van der Waals surface area contributed by atoms with E-state index in [-0.39, 0.29) is 0 Å². The van der Waals surface area contributed by atoms with E-state index in [0.717, 1.165) is 5.56 Å². The molecule has 1 heterocycles. The molecule has 0 aliphatic carbocycles. The van der Waals surface area contributed by atoms with Crippen molar-refractivity contribution in [2.45, 2.75) is 6.10 Å². The molecule has 0 aliphatic rings. The van der Waals surface area contributed by atoms with Crippen molar-refractivity contribution in [3.8, 4) is 0 Å². The quantitative estimate of drug-likeness (QED) is 0.793. The van der Waals surface area contributed by atoms with Crippen LogP contribution in [0.15, 0.2) is 65.5 Å². The van der Waals surface area contributed by atoms with E-state index >= 15 is 0 Å². The maximum Gasteiger partial charge on any atom is 0.144 e. The van der Waals surface area contributed by atoms with Crippen molar-refractivity contribution in [3.63, 3.8) is 0 Å². The summed E-state index contributed by atoms with van der Waals surface area (Å²) in [5.74, 6) is 0.495. The Balaban J connectivity index is 2.36. The molecule has 2 rings (SSSR count). The number of hydrogen-bond donors (Lipinski definition) is 1. The summed E-state index contributed by atoms with van der Waals surface area (Å²) in [6, 6.07) is 13.0. The van der Waals surface area contributed by atoms with Crippen LogP contribution in [0.4, 0.5) is 0 Å². The van der Waals surface area contributed by atoms with Crippen molar-refractivity contribution in [1.29, 1.82) is 0 Å². The average molecular weight is 212 g/mol. The van der Waals surface area contributed by atoms with Gasteiger partial charge in [-0.2, -0.15) is 0 Å².